The number of Topliss-reactive ketones (excluding diaryl/α,β-unsaturated/α-hetero) is 1. The van der Waals surface area contributed by atoms with Gasteiger partial charge in [-0.2, -0.15) is 0 Å². The summed E-state index contributed by atoms with van der Waals surface area (Å²) in [5.41, 5.74) is 1.92. The van der Waals surface area contributed by atoms with E-state index in [1.165, 1.54) is 0 Å². The van der Waals surface area contributed by atoms with Crippen molar-refractivity contribution in [3.05, 3.63) is 24.3 Å². The number of ketones is 1. The van der Waals surface area contributed by atoms with E-state index in [0.717, 1.165) is 24.0 Å². The van der Waals surface area contributed by atoms with Crippen molar-refractivity contribution < 1.29 is 4.79 Å². The predicted octanol–water partition coefficient (Wildman–Crippen LogP) is 2.49. The Labute approximate surface area is 67.8 Å². The molecular weight excluding hydrogens is 136 g/mol. The van der Waals surface area contributed by atoms with Crippen LogP contribution < -0.4 is 0 Å². The topological polar surface area (TPSA) is 17.1 Å². The van der Waals surface area contributed by atoms with E-state index < -0.39 is 0 Å². The van der Waals surface area contributed by atoms with Crippen molar-refractivity contribution in [1.82, 2.24) is 0 Å². The van der Waals surface area contributed by atoms with Gasteiger partial charge in [-0.25, -0.2) is 0 Å². The molecule has 1 heteroatoms. The first kappa shape index (κ1) is 8.25. The normalized spacial score (nSPS) is 25.4. The summed E-state index contributed by atoms with van der Waals surface area (Å²) in [4.78, 5) is 11.2. The van der Waals surface area contributed by atoms with Gasteiger partial charge in [0.25, 0.3) is 0 Å². The van der Waals surface area contributed by atoms with E-state index in [1.807, 2.05) is 6.92 Å². The molecule has 0 saturated heterocycles. The van der Waals surface area contributed by atoms with Crippen molar-refractivity contribution >= 4 is 5.78 Å². The summed E-state index contributed by atoms with van der Waals surface area (Å²) < 4.78 is 0. The molecule has 0 N–H and O–H groups in total. The van der Waals surface area contributed by atoms with E-state index in [0.29, 0.717) is 12.3 Å². The average molecular weight is 150 g/mol. The van der Waals surface area contributed by atoms with Crippen LogP contribution in [0.15, 0.2) is 24.3 Å². The zero-order valence-corrected chi connectivity index (χ0v) is 7.02. The molecule has 0 bridgehead atoms. The van der Waals surface area contributed by atoms with Crippen molar-refractivity contribution in [3.63, 3.8) is 0 Å². The molecule has 0 amide bonds. The molecule has 1 aliphatic carbocycles. The van der Waals surface area contributed by atoms with Crippen LogP contribution >= 0.6 is 0 Å². The molecule has 0 heterocycles. The van der Waals surface area contributed by atoms with Crippen LogP contribution in [0.4, 0.5) is 0 Å². The second-order valence-corrected chi connectivity index (χ2v) is 3.31. The molecule has 0 aromatic heterocycles. The van der Waals surface area contributed by atoms with Crippen molar-refractivity contribution in [2.45, 2.75) is 26.2 Å². The van der Waals surface area contributed by atoms with Crippen LogP contribution in [-0.2, 0) is 4.79 Å². The summed E-state index contributed by atoms with van der Waals surface area (Å²) >= 11 is 0. The maximum absolute atomic E-state index is 11.2. The molecule has 0 unspecified atom stereocenters. The Morgan fingerprint density at radius 2 is 2.27 bits per heavy atom. The molecular formula is C10H14O. The Balaban J connectivity index is 2.60. The molecule has 1 nitrogen and oxygen atoms in total. The van der Waals surface area contributed by atoms with Gasteiger partial charge in [-0.05, 0) is 31.3 Å². The summed E-state index contributed by atoms with van der Waals surface area (Å²) in [5, 5.41) is 0. The molecule has 1 aliphatic rings. The predicted molar refractivity (Wildman–Crippen MR) is 46.3 cm³/mol. The van der Waals surface area contributed by atoms with Gasteiger partial charge in [0.2, 0.25) is 0 Å². The van der Waals surface area contributed by atoms with Gasteiger partial charge in [-0.1, -0.05) is 18.7 Å². The van der Waals surface area contributed by atoms with E-state index in [-0.39, 0.29) is 5.78 Å². The zero-order chi connectivity index (χ0) is 8.43. The Hall–Kier alpha value is -0.850. The highest BCUT2D eigenvalue weighted by atomic mass is 16.1. The van der Waals surface area contributed by atoms with Gasteiger partial charge in [0, 0.05) is 6.42 Å². The monoisotopic (exact) mass is 150 g/mol. The largest absolute Gasteiger partial charge is 0.295 e. The molecule has 1 atom stereocenters. The summed E-state index contributed by atoms with van der Waals surface area (Å²) in [7, 11) is 0. The number of hydrogen-bond donors (Lipinski definition) is 0. The van der Waals surface area contributed by atoms with Gasteiger partial charge in [-0.15, -0.1) is 0 Å². The van der Waals surface area contributed by atoms with Crippen LogP contribution in [0.3, 0.4) is 0 Å². The Bertz CT molecular complexity index is 213. The molecule has 1 rings (SSSR count). The van der Waals surface area contributed by atoms with E-state index in [4.69, 9.17) is 0 Å². The second-order valence-electron chi connectivity index (χ2n) is 3.31. The highest BCUT2D eigenvalue weighted by Gasteiger charge is 2.22. The number of allylic oxidation sites excluding steroid dienone is 2. The first-order valence-electron chi connectivity index (χ1n) is 3.97. The number of carbonyl (C=O) groups excluding carboxylic acids is 1. The van der Waals surface area contributed by atoms with Gasteiger partial charge in [0.05, 0.1) is 0 Å². The number of hydrogen-bond acceptors (Lipinski definition) is 1. The van der Waals surface area contributed by atoms with E-state index >= 15 is 0 Å². The van der Waals surface area contributed by atoms with Crippen molar-refractivity contribution in [3.8, 4) is 0 Å². The SMILES string of the molecule is C=C1CC[C@H](C(=C)C)CC1=O. The van der Waals surface area contributed by atoms with Gasteiger partial charge < -0.3 is 0 Å². The van der Waals surface area contributed by atoms with Crippen molar-refractivity contribution in [1.29, 1.82) is 0 Å². The Morgan fingerprint density at radius 3 is 2.73 bits per heavy atom. The lowest BCUT2D eigenvalue weighted by atomic mass is 9.82. The maximum atomic E-state index is 11.2. The Kier molecular flexibility index (Phi) is 2.28. The summed E-state index contributed by atoms with van der Waals surface area (Å²) in [6, 6.07) is 0. The third-order valence-corrected chi connectivity index (χ3v) is 2.32. The lowest BCUT2D eigenvalue weighted by Crippen LogP contribution is -2.17. The van der Waals surface area contributed by atoms with Crippen molar-refractivity contribution in [2.75, 3.05) is 0 Å². The van der Waals surface area contributed by atoms with Gasteiger partial charge in [-0.3, -0.25) is 4.79 Å². The number of carbonyl (C=O) groups is 1. The van der Waals surface area contributed by atoms with Crippen LogP contribution in [-0.4, -0.2) is 5.78 Å². The highest BCUT2D eigenvalue weighted by Crippen LogP contribution is 2.28. The molecule has 0 spiro atoms. The molecule has 1 saturated carbocycles. The van der Waals surface area contributed by atoms with E-state index in [1.54, 1.807) is 0 Å². The molecule has 0 radical (unpaired) electrons. The molecule has 0 aliphatic heterocycles. The summed E-state index contributed by atoms with van der Waals surface area (Å²) in [5.74, 6) is 0.636. The smallest absolute Gasteiger partial charge is 0.158 e. The third-order valence-electron chi connectivity index (χ3n) is 2.32. The van der Waals surface area contributed by atoms with Gasteiger partial charge >= 0.3 is 0 Å². The molecule has 11 heavy (non-hydrogen) atoms. The first-order valence-corrected chi connectivity index (χ1v) is 3.97. The quantitative estimate of drug-likeness (QED) is 0.414. The fraction of sp³-hybridized carbons (Fsp3) is 0.500. The van der Waals surface area contributed by atoms with Crippen LogP contribution in [0, 0.1) is 5.92 Å². The molecule has 1 fully saturated rings. The maximum Gasteiger partial charge on any atom is 0.158 e. The standard InChI is InChI=1S/C10H14O/c1-7(2)9-5-4-8(3)10(11)6-9/h9H,1,3-6H2,2H3/t9-/m0/s1. The fourth-order valence-electron chi connectivity index (χ4n) is 1.38. The lowest BCUT2D eigenvalue weighted by Gasteiger charge is -2.22. The summed E-state index contributed by atoms with van der Waals surface area (Å²) in [6.45, 7) is 9.56. The molecule has 60 valence electrons. The fourth-order valence-corrected chi connectivity index (χ4v) is 1.38. The highest BCUT2D eigenvalue weighted by molar-refractivity contribution is 5.95. The third kappa shape index (κ3) is 1.79. The minimum atomic E-state index is 0.226. The van der Waals surface area contributed by atoms with Crippen LogP contribution in [0.25, 0.3) is 0 Å². The van der Waals surface area contributed by atoms with Crippen LogP contribution in [0.2, 0.25) is 0 Å². The average Bonchev–Trinajstić information content (AvgIpc) is 1.94. The molecule has 0 aromatic carbocycles. The Morgan fingerprint density at radius 1 is 1.64 bits per heavy atom. The van der Waals surface area contributed by atoms with Gasteiger partial charge in [0.1, 0.15) is 0 Å². The second kappa shape index (κ2) is 3.04. The van der Waals surface area contributed by atoms with Crippen molar-refractivity contribution in [2.24, 2.45) is 5.92 Å². The van der Waals surface area contributed by atoms with E-state index in [2.05, 4.69) is 13.2 Å². The summed E-state index contributed by atoms with van der Waals surface area (Å²) in [6.07, 6.45) is 2.55. The lowest BCUT2D eigenvalue weighted by molar-refractivity contribution is -0.117. The minimum Gasteiger partial charge on any atom is -0.295 e. The zero-order valence-electron chi connectivity index (χ0n) is 7.02. The number of rotatable bonds is 1. The van der Waals surface area contributed by atoms with E-state index in [9.17, 15) is 4.79 Å². The molecule has 0 aromatic rings. The van der Waals surface area contributed by atoms with Crippen LogP contribution in [0.5, 0.6) is 0 Å². The van der Waals surface area contributed by atoms with Crippen LogP contribution in [0.1, 0.15) is 26.2 Å². The first-order chi connectivity index (χ1) is 5.11. The van der Waals surface area contributed by atoms with Gasteiger partial charge in [0.15, 0.2) is 5.78 Å². The minimum absolute atomic E-state index is 0.226.